The molecule has 0 amide bonds. The second-order valence-electron chi connectivity index (χ2n) is 5.03. The minimum atomic E-state index is -0.959. The monoisotopic (exact) mass is 289 g/mol. The van der Waals surface area contributed by atoms with Gasteiger partial charge >= 0.3 is 5.97 Å². The van der Waals surface area contributed by atoms with Crippen LogP contribution < -0.4 is 4.90 Å². The molecule has 21 heavy (non-hydrogen) atoms. The predicted octanol–water partition coefficient (Wildman–Crippen LogP) is 2.30. The molecule has 1 aromatic carbocycles. The highest BCUT2D eigenvalue weighted by atomic mass is 16.6. The fraction of sp³-hybridized carbons (Fsp3) is 0.429. The molecule has 0 heterocycles. The van der Waals surface area contributed by atoms with Crippen molar-refractivity contribution in [1.82, 2.24) is 0 Å². The summed E-state index contributed by atoms with van der Waals surface area (Å²) in [6.07, 6.45) is 3.87. The van der Waals surface area contributed by atoms with Crippen LogP contribution in [-0.4, -0.2) is 28.6 Å². The van der Waals surface area contributed by atoms with Crippen LogP contribution in [-0.2, 0) is 4.79 Å². The highest BCUT2D eigenvalue weighted by Gasteiger charge is 2.26. The number of hydrogen-bond acceptors (Lipinski definition) is 5. The van der Waals surface area contributed by atoms with Gasteiger partial charge in [0.1, 0.15) is 18.2 Å². The van der Waals surface area contributed by atoms with E-state index in [4.69, 9.17) is 10.4 Å². The highest BCUT2D eigenvalue weighted by molar-refractivity contribution is 5.74. The number of nitrogens with zero attached hydrogens (tertiary/aromatic N) is 3. The molecule has 0 aromatic heterocycles. The molecule has 0 bridgehead atoms. The van der Waals surface area contributed by atoms with E-state index in [-0.39, 0.29) is 23.8 Å². The Bertz CT molecular complexity index is 603. The van der Waals surface area contributed by atoms with Crippen molar-refractivity contribution in [2.75, 3.05) is 11.4 Å². The van der Waals surface area contributed by atoms with Crippen LogP contribution in [0.5, 0.6) is 0 Å². The van der Waals surface area contributed by atoms with Gasteiger partial charge in [0.05, 0.1) is 4.92 Å². The average molecular weight is 289 g/mol. The fourth-order valence-electron chi connectivity index (χ4n) is 2.74. The van der Waals surface area contributed by atoms with Crippen LogP contribution in [0.3, 0.4) is 0 Å². The van der Waals surface area contributed by atoms with Crippen molar-refractivity contribution in [1.29, 1.82) is 5.26 Å². The van der Waals surface area contributed by atoms with Crippen LogP contribution in [0.1, 0.15) is 31.2 Å². The van der Waals surface area contributed by atoms with Gasteiger partial charge in [0.2, 0.25) is 0 Å². The van der Waals surface area contributed by atoms with Crippen LogP contribution >= 0.6 is 0 Å². The van der Waals surface area contributed by atoms with E-state index in [0.29, 0.717) is 5.69 Å². The number of benzene rings is 1. The number of hydrogen-bond donors (Lipinski definition) is 1. The quantitative estimate of drug-likeness (QED) is 0.658. The lowest BCUT2D eigenvalue weighted by molar-refractivity contribution is -0.385. The van der Waals surface area contributed by atoms with Gasteiger partial charge in [-0.1, -0.05) is 12.8 Å². The molecule has 1 aromatic rings. The van der Waals surface area contributed by atoms with Crippen LogP contribution in [0.4, 0.5) is 11.4 Å². The zero-order chi connectivity index (χ0) is 15.4. The van der Waals surface area contributed by atoms with E-state index in [0.717, 1.165) is 25.7 Å². The molecular formula is C14H15N3O4. The molecule has 1 aliphatic carbocycles. The highest BCUT2D eigenvalue weighted by Crippen LogP contribution is 2.31. The minimum Gasteiger partial charge on any atom is -0.480 e. The summed E-state index contributed by atoms with van der Waals surface area (Å²) in [5.74, 6) is -0.959. The first-order valence-electron chi connectivity index (χ1n) is 6.70. The zero-order valence-corrected chi connectivity index (χ0v) is 11.4. The molecule has 1 fully saturated rings. The lowest BCUT2D eigenvalue weighted by atomic mass is 10.1. The van der Waals surface area contributed by atoms with Gasteiger partial charge in [-0.3, -0.25) is 14.9 Å². The standard InChI is InChI=1S/C14H15N3O4/c15-8-10-7-12(5-6-13(10)17(20)21)16(9-14(18)19)11-3-1-2-4-11/h5-7,11H,1-4,9H2,(H,18,19). The number of nitriles is 1. The molecule has 0 atom stereocenters. The predicted molar refractivity (Wildman–Crippen MR) is 75.0 cm³/mol. The summed E-state index contributed by atoms with van der Waals surface area (Å²) >= 11 is 0. The van der Waals surface area contributed by atoms with Crippen molar-refractivity contribution in [3.63, 3.8) is 0 Å². The van der Waals surface area contributed by atoms with E-state index >= 15 is 0 Å². The second-order valence-corrected chi connectivity index (χ2v) is 5.03. The first kappa shape index (κ1) is 14.8. The topological polar surface area (TPSA) is 107 Å². The maximum absolute atomic E-state index is 11.1. The summed E-state index contributed by atoms with van der Waals surface area (Å²) in [6.45, 7) is -0.173. The average Bonchev–Trinajstić information content (AvgIpc) is 2.97. The van der Waals surface area contributed by atoms with Gasteiger partial charge in [-0.25, -0.2) is 0 Å². The minimum absolute atomic E-state index is 0.0501. The number of rotatable bonds is 5. The first-order chi connectivity index (χ1) is 10.0. The van der Waals surface area contributed by atoms with Gasteiger partial charge in [-0.15, -0.1) is 0 Å². The lowest BCUT2D eigenvalue weighted by Gasteiger charge is -2.29. The molecule has 1 saturated carbocycles. The maximum Gasteiger partial charge on any atom is 0.323 e. The molecule has 2 rings (SSSR count). The van der Waals surface area contributed by atoms with E-state index in [1.54, 1.807) is 11.0 Å². The van der Waals surface area contributed by atoms with Gasteiger partial charge in [0, 0.05) is 17.8 Å². The maximum atomic E-state index is 11.1. The van der Waals surface area contributed by atoms with Crippen molar-refractivity contribution in [2.24, 2.45) is 0 Å². The molecule has 0 unspecified atom stereocenters. The first-order valence-corrected chi connectivity index (χ1v) is 6.70. The summed E-state index contributed by atoms with van der Waals surface area (Å²) in [5, 5.41) is 28.9. The van der Waals surface area contributed by atoms with E-state index in [1.807, 2.05) is 0 Å². The van der Waals surface area contributed by atoms with Crippen LogP contribution in [0, 0.1) is 21.4 Å². The second kappa shape index (κ2) is 6.22. The number of anilines is 1. The van der Waals surface area contributed by atoms with Crippen molar-refractivity contribution < 1.29 is 14.8 Å². The number of carbonyl (C=O) groups is 1. The van der Waals surface area contributed by atoms with Gasteiger partial charge < -0.3 is 10.0 Å². The molecule has 0 saturated heterocycles. The molecular weight excluding hydrogens is 274 g/mol. The smallest absolute Gasteiger partial charge is 0.323 e. The Balaban J connectivity index is 2.37. The Morgan fingerprint density at radius 2 is 2.14 bits per heavy atom. The van der Waals surface area contributed by atoms with Gasteiger partial charge in [0.15, 0.2) is 0 Å². The zero-order valence-electron chi connectivity index (χ0n) is 11.4. The summed E-state index contributed by atoms with van der Waals surface area (Å²) in [5.41, 5.74) is 0.236. The third-order valence-corrected chi connectivity index (χ3v) is 3.70. The van der Waals surface area contributed by atoms with Crippen LogP contribution in [0.15, 0.2) is 18.2 Å². The third kappa shape index (κ3) is 3.28. The largest absolute Gasteiger partial charge is 0.480 e. The molecule has 0 spiro atoms. The van der Waals surface area contributed by atoms with E-state index in [2.05, 4.69) is 0 Å². The molecule has 0 aliphatic heterocycles. The molecule has 7 heteroatoms. The molecule has 1 aliphatic rings. The number of nitro benzene ring substituents is 1. The van der Waals surface area contributed by atoms with Crippen molar-refractivity contribution in [3.05, 3.63) is 33.9 Å². The Hall–Kier alpha value is -2.62. The van der Waals surface area contributed by atoms with E-state index < -0.39 is 10.9 Å². The van der Waals surface area contributed by atoms with Gasteiger partial charge in [-0.2, -0.15) is 5.26 Å². The Morgan fingerprint density at radius 1 is 1.48 bits per heavy atom. The fourth-order valence-corrected chi connectivity index (χ4v) is 2.74. The van der Waals surface area contributed by atoms with Gasteiger partial charge in [-0.05, 0) is 25.0 Å². The molecule has 110 valence electrons. The van der Waals surface area contributed by atoms with Crippen molar-refractivity contribution >= 4 is 17.3 Å². The summed E-state index contributed by atoms with van der Waals surface area (Å²) in [7, 11) is 0. The number of carboxylic acids is 1. The van der Waals surface area contributed by atoms with Crippen LogP contribution in [0.25, 0.3) is 0 Å². The van der Waals surface area contributed by atoms with E-state index in [9.17, 15) is 14.9 Å². The Morgan fingerprint density at radius 3 is 2.67 bits per heavy atom. The van der Waals surface area contributed by atoms with Gasteiger partial charge in [0.25, 0.3) is 5.69 Å². The Kier molecular flexibility index (Phi) is 4.38. The number of carboxylic acid groups (broad SMARTS) is 1. The summed E-state index contributed by atoms with van der Waals surface area (Å²) < 4.78 is 0. The molecule has 7 nitrogen and oxygen atoms in total. The SMILES string of the molecule is N#Cc1cc(N(CC(=O)O)C2CCCC2)ccc1[N+](=O)[O-]. The lowest BCUT2D eigenvalue weighted by Crippen LogP contribution is -2.37. The molecule has 0 radical (unpaired) electrons. The number of nitro groups is 1. The Labute approximate surface area is 121 Å². The molecule has 1 N–H and O–H groups in total. The van der Waals surface area contributed by atoms with Crippen molar-refractivity contribution in [2.45, 2.75) is 31.7 Å². The normalized spacial score (nSPS) is 14.6. The summed E-state index contributed by atoms with van der Waals surface area (Å²) in [4.78, 5) is 23.0. The van der Waals surface area contributed by atoms with Crippen molar-refractivity contribution in [3.8, 4) is 6.07 Å². The van der Waals surface area contributed by atoms with Crippen LogP contribution in [0.2, 0.25) is 0 Å². The van der Waals surface area contributed by atoms with E-state index in [1.165, 1.54) is 18.2 Å². The third-order valence-electron chi connectivity index (χ3n) is 3.70. The summed E-state index contributed by atoms with van der Waals surface area (Å²) in [6, 6.07) is 6.08. The number of aliphatic carboxylic acids is 1.